The van der Waals surface area contributed by atoms with E-state index in [0.29, 0.717) is 0 Å². The second kappa shape index (κ2) is 5.25. The number of benzene rings is 1. The van der Waals surface area contributed by atoms with Crippen LogP contribution in [0.15, 0.2) is 34.9 Å². The molecule has 2 atom stereocenters. The normalized spacial score (nSPS) is 14.8. The SMILES string of the molecule is CC(CS(=O)[O-])c1cc(Br)c2ncccc2c1. The van der Waals surface area contributed by atoms with E-state index < -0.39 is 11.1 Å². The summed E-state index contributed by atoms with van der Waals surface area (Å²) in [5.41, 5.74) is 1.90. The van der Waals surface area contributed by atoms with Crippen LogP contribution in [0.5, 0.6) is 0 Å². The summed E-state index contributed by atoms with van der Waals surface area (Å²) in [5, 5.41) is 1.01. The van der Waals surface area contributed by atoms with Gasteiger partial charge in [0.1, 0.15) is 0 Å². The molecule has 0 aliphatic rings. The van der Waals surface area contributed by atoms with Crippen molar-refractivity contribution in [3.63, 3.8) is 0 Å². The number of hydrogen-bond donors (Lipinski definition) is 0. The molecular formula is C12H11BrNO2S-. The zero-order chi connectivity index (χ0) is 12.4. The lowest BCUT2D eigenvalue weighted by Gasteiger charge is -2.15. The van der Waals surface area contributed by atoms with E-state index in [0.717, 1.165) is 20.9 Å². The first-order chi connectivity index (χ1) is 8.08. The summed E-state index contributed by atoms with van der Waals surface area (Å²) in [5.74, 6) is 0.118. The van der Waals surface area contributed by atoms with Crippen molar-refractivity contribution < 1.29 is 8.76 Å². The molecule has 2 rings (SSSR count). The Morgan fingerprint density at radius 2 is 2.29 bits per heavy atom. The van der Waals surface area contributed by atoms with Crippen molar-refractivity contribution in [2.45, 2.75) is 12.8 Å². The van der Waals surface area contributed by atoms with Crippen molar-refractivity contribution in [1.82, 2.24) is 4.98 Å². The highest BCUT2D eigenvalue weighted by Crippen LogP contribution is 2.27. The van der Waals surface area contributed by atoms with Gasteiger partial charge in [-0.25, -0.2) is 0 Å². The maximum Gasteiger partial charge on any atom is 0.0844 e. The fourth-order valence-electron chi connectivity index (χ4n) is 1.75. The van der Waals surface area contributed by atoms with Crippen LogP contribution in [-0.2, 0) is 11.1 Å². The zero-order valence-corrected chi connectivity index (χ0v) is 11.6. The smallest absolute Gasteiger partial charge is 0.0844 e. The number of pyridine rings is 1. The third kappa shape index (κ3) is 2.91. The third-order valence-electron chi connectivity index (χ3n) is 2.64. The number of hydrogen-bond acceptors (Lipinski definition) is 3. The zero-order valence-electron chi connectivity index (χ0n) is 9.22. The first-order valence-corrected chi connectivity index (χ1v) is 7.21. The van der Waals surface area contributed by atoms with Gasteiger partial charge in [-0.2, -0.15) is 0 Å². The van der Waals surface area contributed by atoms with Gasteiger partial charge in [-0.1, -0.05) is 24.1 Å². The van der Waals surface area contributed by atoms with Crippen LogP contribution >= 0.6 is 15.9 Å². The van der Waals surface area contributed by atoms with Crippen molar-refractivity contribution in [2.24, 2.45) is 0 Å². The molecule has 1 aromatic carbocycles. The van der Waals surface area contributed by atoms with Crippen molar-refractivity contribution >= 4 is 37.9 Å². The molecule has 0 aliphatic heterocycles. The van der Waals surface area contributed by atoms with Crippen LogP contribution in [0.1, 0.15) is 18.4 Å². The van der Waals surface area contributed by atoms with Crippen molar-refractivity contribution in [3.05, 3.63) is 40.5 Å². The average molecular weight is 313 g/mol. The van der Waals surface area contributed by atoms with Gasteiger partial charge >= 0.3 is 0 Å². The van der Waals surface area contributed by atoms with Gasteiger partial charge in [-0.3, -0.25) is 9.19 Å². The van der Waals surface area contributed by atoms with Crippen molar-refractivity contribution in [2.75, 3.05) is 5.75 Å². The highest BCUT2D eigenvalue weighted by atomic mass is 79.9. The molecule has 0 bridgehead atoms. The topological polar surface area (TPSA) is 53.0 Å². The van der Waals surface area contributed by atoms with E-state index in [1.165, 1.54) is 0 Å². The Morgan fingerprint density at radius 1 is 1.53 bits per heavy atom. The minimum atomic E-state index is -2.02. The van der Waals surface area contributed by atoms with Crippen LogP contribution in [0.3, 0.4) is 0 Å². The molecular weight excluding hydrogens is 302 g/mol. The summed E-state index contributed by atoms with van der Waals surface area (Å²) in [6, 6.07) is 7.77. The molecule has 0 spiro atoms. The molecule has 0 amide bonds. The minimum absolute atomic E-state index is 0.0192. The molecule has 0 fully saturated rings. The molecule has 90 valence electrons. The van der Waals surface area contributed by atoms with E-state index in [9.17, 15) is 8.76 Å². The molecule has 0 radical (unpaired) electrons. The quantitative estimate of drug-likeness (QED) is 0.819. The van der Waals surface area contributed by atoms with E-state index in [4.69, 9.17) is 0 Å². The van der Waals surface area contributed by atoms with E-state index >= 15 is 0 Å². The summed E-state index contributed by atoms with van der Waals surface area (Å²) in [6.45, 7) is 1.90. The summed E-state index contributed by atoms with van der Waals surface area (Å²) in [6.07, 6.45) is 1.74. The predicted molar refractivity (Wildman–Crippen MR) is 71.6 cm³/mol. The number of fused-ring (bicyclic) bond motifs is 1. The van der Waals surface area contributed by atoms with E-state index in [2.05, 4.69) is 20.9 Å². The van der Waals surface area contributed by atoms with Crippen LogP contribution in [-0.4, -0.2) is 19.5 Å². The molecule has 2 unspecified atom stereocenters. The van der Waals surface area contributed by atoms with E-state index in [-0.39, 0.29) is 11.7 Å². The molecule has 1 heterocycles. The molecule has 0 saturated carbocycles. The van der Waals surface area contributed by atoms with Gasteiger partial charge in [-0.15, -0.1) is 0 Å². The highest BCUT2D eigenvalue weighted by Gasteiger charge is 2.09. The molecule has 3 nitrogen and oxygen atoms in total. The lowest BCUT2D eigenvalue weighted by Crippen LogP contribution is -2.05. The summed E-state index contributed by atoms with van der Waals surface area (Å²) >= 11 is 1.45. The maximum absolute atomic E-state index is 10.7. The van der Waals surface area contributed by atoms with Crippen LogP contribution in [0.2, 0.25) is 0 Å². The molecule has 17 heavy (non-hydrogen) atoms. The van der Waals surface area contributed by atoms with Crippen LogP contribution in [0, 0.1) is 0 Å². The standard InChI is InChI=1S/C12H12BrNO2S/c1-8(7-17(15)16)10-5-9-3-2-4-14-12(9)11(13)6-10/h2-6,8H,7H2,1H3,(H,15,16)/p-1. The van der Waals surface area contributed by atoms with Gasteiger partial charge in [-0.05, 0) is 45.6 Å². The monoisotopic (exact) mass is 312 g/mol. The lowest BCUT2D eigenvalue weighted by atomic mass is 10.0. The van der Waals surface area contributed by atoms with Crippen LogP contribution < -0.4 is 0 Å². The highest BCUT2D eigenvalue weighted by molar-refractivity contribution is 9.10. The molecule has 0 saturated heterocycles. The van der Waals surface area contributed by atoms with Gasteiger partial charge in [0.2, 0.25) is 0 Å². The number of nitrogens with zero attached hydrogens (tertiary/aromatic N) is 1. The van der Waals surface area contributed by atoms with Gasteiger partial charge in [0.25, 0.3) is 0 Å². The number of halogens is 1. The van der Waals surface area contributed by atoms with Crippen LogP contribution in [0.25, 0.3) is 10.9 Å². The Labute approximate surface area is 111 Å². The molecule has 0 aliphatic carbocycles. The van der Waals surface area contributed by atoms with E-state index in [1.54, 1.807) is 6.20 Å². The predicted octanol–water partition coefficient (Wildman–Crippen LogP) is 2.98. The van der Waals surface area contributed by atoms with E-state index in [1.807, 2.05) is 31.2 Å². The Bertz CT molecular complexity index is 573. The van der Waals surface area contributed by atoms with Crippen LogP contribution in [0.4, 0.5) is 0 Å². The Balaban J connectivity index is 2.46. The Kier molecular flexibility index (Phi) is 3.91. The molecule has 0 N–H and O–H groups in total. The fraction of sp³-hybridized carbons (Fsp3) is 0.250. The minimum Gasteiger partial charge on any atom is -0.772 e. The second-order valence-electron chi connectivity index (χ2n) is 3.95. The Morgan fingerprint density at radius 3 is 3.00 bits per heavy atom. The van der Waals surface area contributed by atoms with Gasteiger partial charge in [0.05, 0.1) is 5.52 Å². The van der Waals surface area contributed by atoms with Crippen molar-refractivity contribution in [3.8, 4) is 0 Å². The largest absolute Gasteiger partial charge is 0.772 e. The number of aromatic nitrogens is 1. The molecule has 5 heteroatoms. The first kappa shape index (κ1) is 12.7. The van der Waals surface area contributed by atoms with Gasteiger partial charge in [0, 0.05) is 21.8 Å². The van der Waals surface area contributed by atoms with Gasteiger partial charge < -0.3 is 4.55 Å². The second-order valence-corrected chi connectivity index (χ2v) is 5.74. The summed E-state index contributed by atoms with van der Waals surface area (Å²) in [4.78, 5) is 4.27. The molecule has 1 aromatic heterocycles. The molecule has 2 aromatic rings. The fourth-order valence-corrected chi connectivity index (χ4v) is 2.95. The summed E-state index contributed by atoms with van der Waals surface area (Å²) < 4.78 is 22.3. The average Bonchev–Trinajstić information content (AvgIpc) is 2.28. The first-order valence-electron chi connectivity index (χ1n) is 5.18. The summed E-state index contributed by atoms with van der Waals surface area (Å²) in [7, 11) is 0. The number of rotatable bonds is 3. The maximum atomic E-state index is 10.7. The third-order valence-corrected chi connectivity index (χ3v) is 4.01. The Hall–Kier alpha value is -0.780. The van der Waals surface area contributed by atoms with Gasteiger partial charge in [0.15, 0.2) is 0 Å². The lowest BCUT2D eigenvalue weighted by molar-refractivity contribution is 0.532. The van der Waals surface area contributed by atoms with Crippen molar-refractivity contribution in [1.29, 1.82) is 0 Å².